The molecule has 0 aromatic rings. The van der Waals surface area contributed by atoms with Crippen molar-refractivity contribution in [2.75, 3.05) is 13.7 Å². The van der Waals surface area contributed by atoms with E-state index in [0.717, 1.165) is 19.4 Å². The monoisotopic (exact) mass is 296 g/mol. The quantitative estimate of drug-likeness (QED) is 0.547. The van der Waals surface area contributed by atoms with E-state index in [9.17, 15) is 0 Å². The Balaban J connectivity index is 1.95. The van der Waals surface area contributed by atoms with Gasteiger partial charge in [0.15, 0.2) is 0 Å². The first-order valence-electron chi connectivity index (χ1n) is 5.06. The summed E-state index contributed by atoms with van der Waals surface area (Å²) in [5, 5.41) is 0. The van der Waals surface area contributed by atoms with Crippen LogP contribution in [0, 0.1) is 0 Å². The van der Waals surface area contributed by atoms with E-state index in [-0.39, 0.29) is 9.21 Å². The number of rotatable bonds is 1. The second-order valence-electron chi connectivity index (χ2n) is 4.22. The molecule has 1 aliphatic heterocycles. The molecule has 0 aromatic heterocycles. The SMILES string of the molecule is COC1(I)CCC2(CCCO2)CC1. The number of halogens is 1. The van der Waals surface area contributed by atoms with Gasteiger partial charge in [0.1, 0.15) is 3.61 Å². The van der Waals surface area contributed by atoms with Crippen LogP contribution in [0.15, 0.2) is 0 Å². The highest BCUT2D eigenvalue weighted by Crippen LogP contribution is 2.46. The Kier molecular flexibility index (Phi) is 2.87. The third kappa shape index (κ3) is 2.02. The van der Waals surface area contributed by atoms with E-state index in [1.54, 1.807) is 0 Å². The number of alkyl halides is 1. The first-order chi connectivity index (χ1) is 6.18. The smallest absolute Gasteiger partial charge is 0.119 e. The largest absolute Gasteiger partial charge is 0.375 e. The van der Waals surface area contributed by atoms with Crippen molar-refractivity contribution in [1.82, 2.24) is 0 Å². The van der Waals surface area contributed by atoms with E-state index < -0.39 is 0 Å². The number of ether oxygens (including phenoxy) is 2. The summed E-state index contributed by atoms with van der Waals surface area (Å²) in [6.45, 7) is 0.973. The molecule has 1 aliphatic carbocycles. The Morgan fingerprint density at radius 3 is 2.31 bits per heavy atom. The van der Waals surface area contributed by atoms with Crippen molar-refractivity contribution in [3.8, 4) is 0 Å². The van der Waals surface area contributed by atoms with Crippen molar-refractivity contribution in [3.05, 3.63) is 0 Å². The molecule has 2 fully saturated rings. The van der Waals surface area contributed by atoms with Gasteiger partial charge < -0.3 is 9.47 Å². The van der Waals surface area contributed by atoms with E-state index in [0.29, 0.717) is 0 Å². The zero-order valence-electron chi connectivity index (χ0n) is 8.14. The maximum Gasteiger partial charge on any atom is 0.119 e. The van der Waals surface area contributed by atoms with Gasteiger partial charge >= 0.3 is 0 Å². The predicted octanol–water partition coefficient (Wildman–Crippen LogP) is 2.89. The van der Waals surface area contributed by atoms with E-state index in [4.69, 9.17) is 9.47 Å². The molecule has 0 atom stereocenters. The topological polar surface area (TPSA) is 18.5 Å². The average Bonchev–Trinajstić information content (AvgIpc) is 2.61. The molecule has 13 heavy (non-hydrogen) atoms. The van der Waals surface area contributed by atoms with Crippen LogP contribution < -0.4 is 0 Å². The molecule has 0 unspecified atom stereocenters. The zero-order valence-corrected chi connectivity index (χ0v) is 10.3. The molecule has 2 aliphatic rings. The molecule has 1 saturated carbocycles. The molecular formula is C10H17IO2. The highest BCUT2D eigenvalue weighted by Gasteiger charge is 2.43. The molecule has 0 radical (unpaired) electrons. The van der Waals surface area contributed by atoms with Crippen LogP contribution in [0.1, 0.15) is 38.5 Å². The molecule has 0 aromatic carbocycles. The van der Waals surface area contributed by atoms with Crippen LogP contribution in [-0.2, 0) is 9.47 Å². The van der Waals surface area contributed by atoms with Gasteiger partial charge in [-0.3, -0.25) is 0 Å². The first-order valence-corrected chi connectivity index (χ1v) is 6.14. The normalized spacial score (nSPS) is 45.7. The summed E-state index contributed by atoms with van der Waals surface area (Å²) in [7, 11) is 1.82. The van der Waals surface area contributed by atoms with Gasteiger partial charge in [-0.15, -0.1) is 0 Å². The minimum Gasteiger partial charge on any atom is -0.375 e. The number of methoxy groups -OCH3 is 1. The van der Waals surface area contributed by atoms with Crippen LogP contribution in [0.4, 0.5) is 0 Å². The van der Waals surface area contributed by atoms with Crippen molar-refractivity contribution < 1.29 is 9.47 Å². The lowest BCUT2D eigenvalue weighted by Crippen LogP contribution is -2.40. The molecule has 1 spiro atoms. The fraction of sp³-hybridized carbons (Fsp3) is 1.00. The Labute approximate surface area is 93.5 Å². The molecule has 0 bridgehead atoms. The molecule has 0 amide bonds. The second kappa shape index (κ2) is 3.66. The van der Waals surface area contributed by atoms with E-state index in [2.05, 4.69) is 22.6 Å². The molecule has 1 saturated heterocycles. The van der Waals surface area contributed by atoms with Gasteiger partial charge in [0.05, 0.1) is 5.60 Å². The Bertz CT molecular complexity index is 177. The van der Waals surface area contributed by atoms with Crippen molar-refractivity contribution >= 4 is 22.6 Å². The highest BCUT2D eigenvalue weighted by molar-refractivity contribution is 14.1. The molecule has 1 heterocycles. The molecular weight excluding hydrogens is 279 g/mol. The number of hydrogen-bond donors (Lipinski definition) is 0. The van der Waals surface area contributed by atoms with Gasteiger partial charge in [0, 0.05) is 13.7 Å². The average molecular weight is 296 g/mol. The summed E-state index contributed by atoms with van der Waals surface area (Å²) >= 11 is 2.45. The van der Waals surface area contributed by atoms with Gasteiger partial charge in [-0.2, -0.15) is 0 Å². The maximum atomic E-state index is 5.86. The highest BCUT2D eigenvalue weighted by atomic mass is 127. The predicted molar refractivity (Wildman–Crippen MR) is 60.1 cm³/mol. The lowest BCUT2D eigenvalue weighted by Gasteiger charge is -2.40. The summed E-state index contributed by atoms with van der Waals surface area (Å²) in [5.41, 5.74) is 0.243. The van der Waals surface area contributed by atoms with Crippen LogP contribution in [-0.4, -0.2) is 22.9 Å². The zero-order chi connectivity index (χ0) is 9.36. The van der Waals surface area contributed by atoms with Crippen LogP contribution >= 0.6 is 22.6 Å². The fourth-order valence-corrected chi connectivity index (χ4v) is 2.97. The van der Waals surface area contributed by atoms with Gasteiger partial charge in [-0.05, 0) is 61.1 Å². The Morgan fingerprint density at radius 1 is 1.15 bits per heavy atom. The van der Waals surface area contributed by atoms with Crippen molar-refractivity contribution in [2.45, 2.75) is 47.7 Å². The van der Waals surface area contributed by atoms with E-state index >= 15 is 0 Å². The summed E-state index contributed by atoms with van der Waals surface area (Å²) in [6, 6.07) is 0. The van der Waals surface area contributed by atoms with Crippen molar-refractivity contribution in [3.63, 3.8) is 0 Å². The third-order valence-corrected chi connectivity index (χ3v) is 4.98. The van der Waals surface area contributed by atoms with Crippen LogP contribution in [0.25, 0.3) is 0 Å². The molecule has 2 rings (SSSR count). The second-order valence-corrected chi connectivity index (χ2v) is 6.19. The van der Waals surface area contributed by atoms with Crippen molar-refractivity contribution in [1.29, 1.82) is 0 Å². The van der Waals surface area contributed by atoms with Crippen LogP contribution in [0.3, 0.4) is 0 Å². The van der Waals surface area contributed by atoms with Crippen molar-refractivity contribution in [2.24, 2.45) is 0 Å². The van der Waals surface area contributed by atoms with Gasteiger partial charge in [-0.25, -0.2) is 0 Å². The minimum atomic E-state index is 0.0922. The third-order valence-electron chi connectivity index (χ3n) is 3.46. The van der Waals surface area contributed by atoms with Crippen LogP contribution in [0.5, 0.6) is 0 Å². The summed E-state index contributed by atoms with van der Waals surface area (Å²) < 4.78 is 11.5. The lowest BCUT2D eigenvalue weighted by molar-refractivity contribution is -0.0646. The van der Waals surface area contributed by atoms with Gasteiger partial charge in [0.25, 0.3) is 0 Å². The maximum absolute atomic E-state index is 5.86. The van der Waals surface area contributed by atoms with Crippen LogP contribution in [0.2, 0.25) is 0 Å². The Hall–Kier alpha value is 0.650. The molecule has 2 nitrogen and oxygen atoms in total. The minimum absolute atomic E-state index is 0.0922. The summed E-state index contributed by atoms with van der Waals surface area (Å²) in [6.07, 6.45) is 7.17. The summed E-state index contributed by atoms with van der Waals surface area (Å²) in [4.78, 5) is 0. The first kappa shape index (κ1) is 10.2. The van der Waals surface area contributed by atoms with Gasteiger partial charge in [-0.1, -0.05) is 0 Å². The van der Waals surface area contributed by atoms with E-state index in [1.165, 1.54) is 25.7 Å². The fourth-order valence-electron chi connectivity index (χ4n) is 2.43. The van der Waals surface area contributed by atoms with Gasteiger partial charge in [0.2, 0.25) is 0 Å². The number of hydrogen-bond acceptors (Lipinski definition) is 2. The molecule has 76 valence electrons. The Morgan fingerprint density at radius 2 is 1.85 bits per heavy atom. The lowest BCUT2D eigenvalue weighted by atomic mass is 9.81. The summed E-state index contributed by atoms with van der Waals surface area (Å²) in [5.74, 6) is 0. The van der Waals surface area contributed by atoms with E-state index in [1.807, 2.05) is 7.11 Å². The standard InChI is InChI=1S/C10H17IO2/c1-12-10(11)6-4-9(5-7-10)3-2-8-13-9/h2-8H2,1H3. The molecule has 0 N–H and O–H groups in total. The molecule has 3 heteroatoms.